The summed E-state index contributed by atoms with van der Waals surface area (Å²) in [5, 5.41) is 3.44. The number of carbonyl (C=O) groups is 2. The third-order valence-electron chi connectivity index (χ3n) is 4.41. The molecule has 1 aromatic heterocycles. The van der Waals surface area contributed by atoms with Crippen molar-refractivity contribution in [1.82, 2.24) is 14.9 Å². The van der Waals surface area contributed by atoms with Crippen LogP contribution in [0.25, 0.3) is 0 Å². The molecule has 144 valence electrons. The summed E-state index contributed by atoms with van der Waals surface area (Å²) in [7, 11) is 0. The molecule has 2 aromatic rings. The molecule has 1 heterocycles. The summed E-state index contributed by atoms with van der Waals surface area (Å²) in [6.45, 7) is 11.1. The molecule has 2 rings (SSSR count). The first-order valence-electron chi connectivity index (χ1n) is 8.99. The van der Waals surface area contributed by atoms with Crippen molar-refractivity contribution >= 4 is 29.3 Å². The van der Waals surface area contributed by atoms with Gasteiger partial charge in [-0.2, -0.15) is 0 Å². The van der Waals surface area contributed by atoms with Crippen molar-refractivity contribution in [3.63, 3.8) is 0 Å². The van der Waals surface area contributed by atoms with Crippen molar-refractivity contribution < 1.29 is 9.59 Å². The van der Waals surface area contributed by atoms with Crippen LogP contribution >= 0.6 is 11.8 Å². The number of anilines is 1. The molecule has 27 heavy (non-hydrogen) atoms. The van der Waals surface area contributed by atoms with E-state index in [-0.39, 0.29) is 17.6 Å². The second kappa shape index (κ2) is 9.50. The molecule has 0 atom stereocenters. The Bertz CT molecular complexity index is 794. The molecule has 0 aliphatic carbocycles. The maximum atomic E-state index is 12.3. The Morgan fingerprint density at radius 1 is 1.00 bits per heavy atom. The van der Waals surface area contributed by atoms with E-state index >= 15 is 0 Å². The van der Waals surface area contributed by atoms with Gasteiger partial charge in [0.25, 0.3) is 5.91 Å². The van der Waals surface area contributed by atoms with Gasteiger partial charge in [0.15, 0.2) is 5.16 Å². The van der Waals surface area contributed by atoms with Gasteiger partial charge in [0.1, 0.15) is 0 Å². The molecule has 0 aliphatic heterocycles. The Morgan fingerprint density at radius 3 is 2.07 bits per heavy atom. The largest absolute Gasteiger partial charge is 0.339 e. The van der Waals surface area contributed by atoms with Crippen molar-refractivity contribution in [1.29, 1.82) is 0 Å². The quantitative estimate of drug-likeness (QED) is 0.581. The number of amides is 2. The lowest BCUT2D eigenvalue weighted by atomic mass is 10.2. The molecule has 0 spiro atoms. The van der Waals surface area contributed by atoms with Gasteiger partial charge in [0.05, 0.1) is 5.75 Å². The van der Waals surface area contributed by atoms with Gasteiger partial charge < -0.3 is 10.2 Å². The average molecular weight is 387 g/mol. The van der Waals surface area contributed by atoms with Crippen molar-refractivity contribution in [2.45, 2.75) is 39.8 Å². The predicted octanol–water partition coefficient (Wildman–Crippen LogP) is 3.61. The lowest BCUT2D eigenvalue weighted by molar-refractivity contribution is -0.113. The van der Waals surface area contributed by atoms with Crippen molar-refractivity contribution in [2.24, 2.45) is 0 Å². The molecule has 6 nitrogen and oxygen atoms in total. The highest BCUT2D eigenvalue weighted by molar-refractivity contribution is 7.99. The Hall–Kier alpha value is -2.41. The van der Waals surface area contributed by atoms with Gasteiger partial charge >= 0.3 is 0 Å². The summed E-state index contributed by atoms with van der Waals surface area (Å²) < 4.78 is 0. The Morgan fingerprint density at radius 2 is 1.56 bits per heavy atom. The number of nitrogens with zero attached hydrogens (tertiary/aromatic N) is 3. The molecule has 0 unspecified atom stereocenters. The van der Waals surface area contributed by atoms with Crippen LogP contribution in [-0.4, -0.2) is 45.5 Å². The zero-order valence-corrected chi connectivity index (χ0v) is 17.3. The molecule has 2 amide bonds. The zero-order chi connectivity index (χ0) is 20.0. The summed E-state index contributed by atoms with van der Waals surface area (Å²) in [6.07, 6.45) is 0. The van der Waals surface area contributed by atoms with Crippen LogP contribution in [-0.2, 0) is 4.79 Å². The number of benzene rings is 1. The number of aromatic nitrogens is 2. The minimum atomic E-state index is -0.137. The third-order valence-corrected chi connectivity index (χ3v) is 5.26. The SMILES string of the molecule is CCN(CC)C(=O)c1ccc(NC(=O)CSc2nc(C)c(C)c(C)n2)cc1. The maximum absolute atomic E-state index is 12.3. The van der Waals surface area contributed by atoms with Crippen LogP contribution in [0.4, 0.5) is 5.69 Å². The summed E-state index contributed by atoms with van der Waals surface area (Å²) >= 11 is 1.31. The van der Waals surface area contributed by atoms with Crippen LogP contribution < -0.4 is 5.32 Å². The van der Waals surface area contributed by atoms with Gasteiger partial charge in [0.2, 0.25) is 5.91 Å². The fraction of sp³-hybridized carbons (Fsp3) is 0.400. The number of aryl methyl sites for hydroxylation is 2. The van der Waals surface area contributed by atoms with Crippen LogP contribution in [0.15, 0.2) is 29.4 Å². The standard InChI is InChI=1S/C20H26N4O2S/c1-6-24(7-2)19(26)16-8-10-17(11-9-16)23-18(25)12-27-20-21-14(4)13(3)15(5)22-20/h8-11H,6-7,12H2,1-5H3,(H,23,25). The molecule has 0 radical (unpaired) electrons. The minimum absolute atomic E-state index is 0.00399. The van der Waals surface area contributed by atoms with E-state index in [0.717, 1.165) is 17.0 Å². The monoisotopic (exact) mass is 386 g/mol. The van der Waals surface area contributed by atoms with Crippen LogP contribution in [0.1, 0.15) is 41.2 Å². The highest BCUT2D eigenvalue weighted by Gasteiger charge is 2.13. The predicted molar refractivity (Wildman–Crippen MR) is 109 cm³/mol. The van der Waals surface area contributed by atoms with Gasteiger partial charge in [-0.3, -0.25) is 9.59 Å². The molecule has 0 fully saturated rings. The minimum Gasteiger partial charge on any atom is -0.339 e. The van der Waals surface area contributed by atoms with E-state index in [4.69, 9.17) is 0 Å². The number of hydrogen-bond donors (Lipinski definition) is 1. The lowest BCUT2D eigenvalue weighted by Gasteiger charge is -2.18. The highest BCUT2D eigenvalue weighted by Crippen LogP contribution is 2.18. The number of carbonyl (C=O) groups excluding carboxylic acids is 2. The summed E-state index contributed by atoms with van der Waals surface area (Å²) in [5.41, 5.74) is 4.21. The molecule has 0 saturated heterocycles. The number of rotatable bonds is 7. The summed E-state index contributed by atoms with van der Waals surface area (Å²) in [4.78, 5) is 35.1. The van der Waals surface area contributed by atoms with E-state index in [1.807, 2.05) is 34.6 Å². The topological polar surface area (TPSA) is 75.2 Å². The van der Waals surface area contributed by atoms with E-state index in [1.165, 1.54) is 11.8 Å². The smallest absolute Gasteiger partial charge is 0.253 e. The summed E-state index contributed by atoms with van der Waals surface area (Å²) in [5.74, 6) is 0.0835. The molecule has 0 bridgehead atoms. The number of thioether (sulfide) groups is 1. The third kappa shape index (κ3) is 5.53. The van der Waals surface area contributed by atoms with E-state index in [1.54, 1.807) is 29.2 Å². The van der Waals surface area contributed by atoms with Gasteiger partial charge in [-0.25, -0.2) is 9.97 Å². The molecular weight excluding hydrogens is 360 g/mol. The number of nitrogens with one attached hydrogen (secondary N) is 1. The first-order valence-corrected chi connectivity index (χ1v) is 9.98. The van der Waals surface area contributed by atoms with E-state index < -0.39 is 0 Å². The summed E-state index contributed by atoms with van der Waals surface area (Å²) in [6, 6.07) is 6.96. The van der Waals surface area contributed by atoms with Crippen molar-refractivity contribution in [3.05, 3.63) is 46.8 Å². The molecule has 0 saturated carbocycles. The van der Waals surface area contributed by atoms with Crippen LogP contribution in [0, 0.1) is 20.8 Å². The van der Waals surface area contributed by atoms with E-state index in [9.17, 15) is 9.59 Å². The molecule has 1 N–H and O–H groups in total. The first-order chi connectivity index (χ1) is 12.8. The van der Waals surface area contributed by atoms with Gasteiger partial charge in [-0.15, -0.1) is 0 Å². The van der Waals surface area contributed by atoms with E-state index in [2.05, 4.69) is 15.3 Å². The molecule has 0 aliphatic rings. The maximum Gasteiger partial charge on any atom is 0.253 e. The fourth-order valence-electron chi connectivity index (χ4n) is 2.52. The van der Waals surface area contributed by atoms with Crippen LogP contribution in [0.2, 0.25) is 0 Å². The number of hydrogen-bond acceptors (Lipinski definition) is 5. The highest BCUT2D eigenvalue weighted by atomic mass is 32.2. The Kier molecular flexibility index (Phi) is 7.36. The van der Waals surface area contributed by atoms with Crippen LogP contribution in [0.3, 0.4) is 0 Å². The van der Waals surface area contributed by atoms with E-state index in [0.29, 0.717) is 29.5 Å². The zero-order valence-electron chi connectivity index (χ0n) is 16.5. The van der Waals surface area contributed by atoms with Gasteiger partial charge in [-0.1, -0.05) is 11.8 Å². The van der Waals surface area contributed by atoms with Gasteiger partial charge in [-0.05, 0) is 64.4 Å². The molecular formula is C20H26N4O2S. The van der Waals surface area contributed by atoms with Crippen molar-refractivity contribution in [3.8, 4) is 0 Å². The molecule has 1 aromatic carbocycles. The van der Waals surface area contributed by atoms with Crippen molar-refractivity contribution in [2.75, 3.05) is 24.2 Å². The normalized spacial score (nSPS) is 10.6. The second-order valence-electron chi connectivity index (χ2n) is 6.19. The lowest BCUT2D eigenvalue weighted by Crippen LogP contribution is -2.30. The molecule has 7 heteroatoms. The Labute approximate surface area is 164 Å². The van der Waals surface area contributed by atoms with Gasteiger partial charge in [0, 0.05) is 35.7 Å². The Balaban J connectivity index is 1.93. The second-order valence-corrected chi connectivity index (χ2v) is 7.14. The fourth-order valence-corrected chi connectivity index (χ4v) is 3.26. The average Bonchev–Trinajstić information content (AvgIpc) is 2.65. The van der Waals surface area contributed by atoms with Crippen LogP contribution in [0.5, 0.6) is 0 Å². The first kappa shape index (κ1) is 20.9.